The third kappa shape index (κ3) is 5.50. The van der Waals surface area contributed by atoms with Crippen molar-refractivity contribution in [3.8, 4) is 17.3 Å². The van der Waals surface area contributed by atoms with Crippen molar-refractivity contribution in [2.24, 2.45) is 0 Å². The minimum atomic E-state index is -0.851. The zero-order chi connectivity index (χ0) is 21.6. The summed E-state index contributed by atoms with van der Waals surface area (Å²) in [5.74, 6) is 2.23. The number of aliphatic hydroxyl groups excluding tert-OH is 1. The average Bonchev–Trinajstić information content (AvgIpc) is 3.45. The third-order valence-corrected chi connectivity index (χ3v) is 5.90. The predicted molar refractivity (Wildman–Crippen MR) is 119 cm³/mol. The van der Waals surface area contributed by atoms with Crippen LogP contribution in [0.25, 0.3) is 11.5 Å². The number of likely N-dealkylation sites (N-methyl/N-ethyl adjacent to an activating group) is 1. The van der Waals surface area contributed by atoms with Gasteiger partial charge in [0.25, 0.3) is 0 Å². The summed E-state index contributed by atoms with van der Waals surface area (Å²) in [5.41, 5.74) is 2.93. The molecule has 1 atom stereocenters. The summed E-state index contributed by atoms with van der Waals surface area (Å²) < 4.78 is 11.3. The lowest BCUT2D eigenvalue weighted by atomic mass is 10.2. The van der Waals surface area contributed by atoms with Crippen molar-refractivity contribution >= 4 is 5.82 Å². The van der Waals surface area contributed by atoms with Crippen LogP contribution in [0.5, 0.6) is 5.75 Å². The van der Waals surface area contributed by atoms with Gasteiger partial charge < -0.3 is 19.5 Å². The standard InChI is InChI=1S/C23H33N5O3/c1-3-30-21(29)16-27(2)23-18-7-6-8-19(18)25-22(26-23)20-15-17(9-10-24-20)31-14-13-28-11-4-5-12-28/h9-10,15,21,29H,3-8,11-14,16H2,1-2H3. The van der Waals surface area contributed by atoms with Gasteiger partial charge in [-0.1, -0.05) is 0 Å². The molecule has 1 aliphatic carbocycles. The van der Waals surface area contributed by atoms with E-state index in [1.54, 1.807) is 6.20 Å². The molecule has 2 aromatic heterocycles. The Morgan fingerprint density at radius 1 is 1.19 bits per heavy atom. The van der Waals surface area contributed by atoms with Gasteiger partial charge in [-0.15, -0.1) is 0 Å². The van der Waals surface area contributed by atoms with Gasteiger partial charge in [-0.2, -0.15) is 0 Å². The van der Waals surface area contributed by atoms with Crippen LogP contribution in [0.1, 0.15) is 37.4 Å². The highest BCUT2D eigenvalue weighted by atomic mass is 16.6. The molecule has 4 rings (SSSR count). The second-order valence-corrected chi connectivity index (χ2v) is 8.21. The molecule has 8 nitrogen and oxygen atoms in total. The fourth-order valence-electron chi connectivity index (χ4n) is 4.33. The molecule has 0 radical (unpaired) electrons. The smallest absolute Gasteiger partial charge is 0.180 e. The van der Waals surface area contributed by atoms with Crippen LogP contribution in [0.2, 0.25) is 0 Å². The summed E-state index contributed by atoms with van der Waals surface area (Å²) in [7, 11) is 1.93. The number of likely N-dealkylation sites (tertiary alicyclic amines) is 1. The van der Waals surface area contributed by atoms with Crippen LogP contribution >= 0.6 is 0 Å². The molecule has 0 saturated carbocycles. The van der Waals surface area contributed by atoms with Gasteiger partial charge in [0.05, 0.1) is 6.54 Å². The molecule has 0 amide bonds. The van der Waals surface area contributed by atoms with Crippen LogP contribution in [-0.4, -0.2) is 77.7 Å². The number of hydrogen-bond donors (Lipinski definition) is 1. The molecule has 2 aromatic rings. The fraction of sp³-hybridized carbons (Fsp3) is 0.609. The molecule has 1 aliphatic heterocycles. The van der Waals surface area contributed by atoms with Crippen LogP contribution in [0.4, 0.5) is 5.82 Å². The lowest BCUT2D eigenvalue weighted by Crippen LogP contribution is -2.32. The van der Waals surface area contributed by atoms with E-state index >= 15 is 0 Å². The number of aryl methyl sites for hydroxylation is 1. The van der Waals surface area contributed by atoms with Crippen molar-refractivity contribution in [3.05, 3.63) is 29.6 Å². The minimum Gasteiger partial charge on any atom is -0.492 e. The molecule has 0 bridgehead atoms. The SMILES string of the molecule is CCOC(O)CN(C)c1nc(-c2cc(OCCN3CCCC3)ccn2)nc2c1CCC2. The number of rotatable bonds is 10. The van der Waals surface area contributed by atoms with E-state index in [2.05, 4.69) is 9.88 Å². The Hall–Kier alpha value is -2.29. The van der Waals surface area contributed by atoms with Gasteiger partial charge in [-0.25, -0.2) is 9.97 Å². The maximum absolute atomic E-state index is 10.1. The zero-order valence-electron chi connectivity index (χ0n) is 18.6. The Bertz CT molecular complexity index is 872. The fourth-order valence-corrected chi connectivity index (χ4v) is 4.33. The molecule has 1 fully saturated rings. The first-order valence-corrected chi connectivity index (χ1v) is 11.4. The van der Waals surface area contributed by atoms with Crippen LogP contribution < -0.4 is 9.64 Å². The summed E-state index contributed by atoms with van der Waals surface area (Å²) in [4.78, 5) is 18.5. The van der Waals surface area contributed by atoms with Gasteiger partial charge in [-0.3, -0.25) is 9.88 Å². The van der Waals surface area contributed by atoms with E-state index in [1.807, 2.05) is 31.0 Å². The van der Waals surface area contributed by atoms with Crippen molar-refractivity contribution in [1.82, 2.24) is 19.9 Å². The van der Waals surface area contributed by atoms with Crippen molar-refractivity contribution in [2.45, 2.75) is 45.3 Å². The zero-order valence-corrected chi connectivity index (χ0v) is 18.6. The van der Waals surface area contributed by atoms with E-state index in [9.17, 15) is 5.11 Å². The molecule has 1 unspecified atom stereocenters. The molecule has 31 heavy (non-hydrogen) atoms. The highest BCUT2D eigenvalue weighted by Crippen LogP contribution is 2.31. The molecule has 3 heterocycles. The van der Waals surface area contributed by atoms with E-state index in [0.717, 1.165) is 48.6 Å². The molecule has 0 spiro atoms. The molecule has 1 saturated heterocycles. The Morgan fingerprint density at radius 3 is 2.84 bits per heavy atom. The number of aromatic nitrogens is 3. The van der Waals surface area contributed by atoms with Crippen molar-refractivity contribution in [3.63, 3.8) is 0 Å². The van der Waals surface area contributed by atoms with Crippen LogP contribution in [-0.2, 0) is 17.6 Å². The van der Waals surface area contributed by atoms with Crippen LogP contribution in [0.15, 0.2) is 18.3 Å². The van der Waals surface area contributed by atoms with E-state index < -0.39 is 6.29 Å². The first-order chi connectivity index (χ1) is 15.1. The number of fused-ring (bicyclic) bond motifs is 1. The van der Waals surface area contributed by atoms with E-state index in [0.29, 0.717) is 31.3 Å². The van der Waals surface area contributed by atoms with E-state index in [1.165, 1.54) is 25.9 Å². The van der Waals surface area contributed by atoms with Gasteiger partial charge in [0.1, 0.15) is 23.9 Å². The monoisotopic (exact) mass is 427 g/mol. The van der Waals surface area contributed by atoms with Gasteiger partial charge in [0, 0.05) is 43.7 Å². The number of pyridine rings is 1. The van der Waals surface area contributed by atoms with Crippen molar-refractivity contribution < 1.29 is 14.6 Å². The summed E-state index contributed by atoms with van der Waals surface area (Å²) in [6.07, 6.45) is 6.42. The lowest BCUT2D eigenvalue weighted by molar-refractivity contribution is -0.0869. The first kappa shape index (κ1) is 21.9. The maximum Gasteiger partial charge on any atom is 0.180 e. The lowest BCUT2D eigenvalue weighted by Gasteiger charge is -2.24. The summed E-state index contributed by atoms with van der Waals surface area (Å²) in [6.45, 7) is 6.64. The van der Waals surface area contributed by atoms with Crippen LogP contribution in [0.3, 0.4) is 0 Å². The molecule has 168 valence electrons. The van der Waals surface area contributed by atoms with E-state index in [4.69, 9.17) is 19.4 Å². The summed E-state index contributed by atoms with van der Waals surface area (Å²) >= 11 is 0. The predicted octanol–water partition coefficient (Wildman–Crippen LogP) is 2.29. The topological polar surface area (TPSA) is 83.8 Å². The second kappa shape index (κ2) is 10.3. The first-order valence-electron chi connectivity index (χ1n) is 11.4. The van der Waals surface area contributed by atoms with Gasteiger partial charge in [-0.05, 0) is 58.2 Å². The van der Waals surface area contributed by atoms with Gasteiger partial charge in [0.2, 0.25) is 0 Å². The highest BCUT2D eigenvalue weighted by molar-refractivity contribution is 5.59. The van der Waals surface area contributed by atoms with Gasteiger partial charge >= 0.3 is 0 Å². The van der Waals surface area contributed by atoms with Crippen molar-refractivity contribution in [2.75, 3.05) is 51.3 Å². The minimum absolute atomic E-state index is 0.351. The molecular weight excluding hydrogens is 394 g/mol. The van der Waals surface area contributed by atoms with Crippen LogP contribution in [0, 0.1) is 0 Å². The largest absolute Gasteiger partial charge is 0.492 e. The summed E-state index contributed by atoms with van der Waals surface area (Å²) in [5, 5.41) is 10.1. The number of aliphatic hydroxyl groups is 1. The Kier molecular flexibility index (Phi) is 7.32. The van der Waals surface area contributed by atoms with E-state index in [-0.39, 0.29) is 0 Å². The Labute approximate surface area is 184 Å². The Morgan fingerprint density at radius 2 is 2.03 bits per heavy atom. The molecule has 0 aromatic carbocycles. The molecule has 1 N–H and O–H groups in total. The number of ether oxygens (including phenoxy) is 2. The quantitative estimate of drug-likeness (QED) is 0.578. The highest BCUT2D eigenvalue weighted by Gasteiger charge is 2.23. The number of anilines is 1. The Balaban J connectivity index is 1.51. The number of nitrogens with zero attached hydrogens (tertiary/aromatic N) is 5. The maximum atomic E-state index is 10.1. The average molecular weight is 428 g/mol. The molecule has 2 aliphatic rings. The summed E-state index contributed by atoms with van der Waals surface area (Å²) in [6, 6.07) is 3.80. The number of hydrogen-bond acceptors (Lipinski definition) is 8. The molecule has 8 heteroatoms. The molecular formula is C23H33N5O3. The van der Waals surface area contributed by atoms with Crippen molar-refractivity contribution in [1.29, 1.82) is 0 Å². The van der Waals surface area contributed by atoms with Gasteiger partial charge in [0.15, 0.2) is 12.1 Å². The third-order valence-electron chi connectivity index (χ3n) is 5.90. The normalized spacial score (nSPS) is 17.0. The second-order valence-electron chi connectivity index (χ2n) is 8.21.